The van der Waals surface area contributed by atoms with Gasteiger partial charge in [-0.1, -0.05) is 65.2 Å². The van der Waals surface area contributed by atoms with Gasteiger partial charge in [0.05, 0.1) is 0 Å². The third kappa shape index (κ3) is 7.94. The fourth-order valence-electron chi connectivity index (χ4n) is 3.50. The Hall–Kier alpha value is -0.160. The van der Waals surface area contributed by atoms with Crippen molar-refractivity contribution in [3.8, 4) is 0 Å². The van der Waals surface area contributed by atoms with Crippen LogP contribution in [0.15, 0.2) is 0 Å². The summed E-state index contributed by atoms with van der Waals surface area (Å²) in [5, 5.41) is 0. The van der Waals surface area contributed by atoms with Crippen LogP contribution in [0.5, 0.6) is 0 Å². The number of unbranched alkanes of at least 4 members (excludes halogenated alkanes) is 6. The molecule has 0 saturated carbocycles. The molecule has 0 N–H and O–H groups in total. The number of rotatable bonds is 18. The van der Waals surface area contributed by atoms with E-state index in [1.807, 2.05) is 20.8 Å². The Morgan fingerprint density at radius 3 is 1.44 bits per heavy atom. The van der Waals surface area contributed by atoms with E-state index >= 15 is 0 Å². The minimum absolute atomic E-state index is 0.535. The van der Waals surface area contributed by atoms with Crippen molar-refractivity contribution in [2.24, 2.45) is 0 Å². The lowest BCUT2D eigenvalue weighted by Gasteiger charge is -2.47. The van der Waals surface area contributed by atoms with Crippen molar-refractivity contribution in [1.29, 1.82) is 0 Å². The van der Waals surface area contributed by atoms with Crippen LogP contribution >= 0.6 is 0 Å². The van der Waals surface area contributed by atoms with Gasteiger partial charge >= 0.3 is 5.97 Å². The number of hydrogen-bond donors (Lipinski definition) is 0. The lowest BCUT2D eigenvalue weighted by molar-refractivity contribution is -0.444. The molecule has 0 heterocycles. The molecule has 0 rings (SSSR count). The van der Waals surface area contributed by atoms with Crippen molar-refractivity contribution < 1.29 is 18.9 Å². The summed E-state index contributed by atoms with van der Waals surface area (Å²) in [5.41, 5.74) is -0.560. The molecule has 4 nitrogen and oxygen atoms in total. The van der Waals surface area contributed by atoms with Gasteiger partial charge in [-0.25, -0.2) is 0 Å². The third-order valence-electron chi connectivity index (χ3n) is 4.82. The van der Waals surface area contributed by atoms with Gasteiger partial charge in [-0.3, -0.25) is 0 Å². The van der Waals surface area contributed by atoms with Crippen LogP contribution in [0.2, 0.25) is 0 Å². The van der Waals surface area contributed by atoms with E-state index in [1.54, 1.807) is 7.11 Å². The zero-order chi connectivity index (χ0) is 19.0. The molecule has 0 fully saturated rings. The Bertz CT molecular complexity index is 279. The van der Waals surface area contributed by atoms with E-state index in [-0.39, 0.29) is 0 Å². The molecule has 25 heavy (non-hydrogen) atoms. The summed E-state index contributed by atoms with van der Waals surface area (Å²) in [7, 11) is 1.78. The minimum atomic E-state index is -1.11. The first-order chi connectivity index (χ1) is 12.1. The van der Waals surface area contributed by atoms with Gasteiger partial charge in [0.15, 0.2) is 0 Å². The van der Waals surface area contributed by atoms with E-state index in [2.05, 4.69) is 13.8 Å². The van der Waals surface area contributed by atoms with Gasteiger partial charge in [0.25, 0.3) is 0 Å². The van der Waals surface area contributed by atoms with E-state index in [0.29, 0.717) is 19.8 Å². The van der Waals surface area contributed by atoms with E-state index in [9.17, 15) is 0 Å². The number of methoxy groups -OCH3 is 1. The Morgan fingerprint density at radius 2 is 1.00 bits per heavy atom. The maximum atomic E-state index is 6.12. The van der Waals surface area contributed by atoms with Crippen molar-refractivity contribution in [1.82, 2.24) is 0 Å². The highest BCUT2D eigenvalue weighted by Crippen LogP contribution is 2.41. The Kier molecular flexibility index (Phi) is 14.9. The topological polar surface area (TPSA) is 36.9 Å². The lowest BCUT2D eigenvalue weighted by Crippen LogP contribution is -2.60. The molecule has 0 saturated heterocycles. The summed E-state index contributed by atoms with van der Waals surface area (Å²) in [5.74, 6) is -1.11. The first kappa shape index (κ1) is 24.8. The summed E-state index contributed by atoms with van der Waals surface area (Å²) in [4.78, 5) is 0. The van der Waals surface area contributed by atoms with Crippen molar-refractivity contribution in [3.05, 3.63) is 0 Å². The van der Waals surface area contributed by atoms with Crippen molar-refractivity contribution in [3.63, 3.8) is 0 Å². The highest BCUT2D eigenvalue weighted by atomic mass is 16.9. The first-order valence-corrected chi connectivity index (χ1v) is 10.6. The molecular formula is C21H44O4. The van der Waals surface area contributed by atoms with Crippen LogP contribution in [-0.4, -0.2) is 38.5 Å². The van der Waals surface area contributed by atoms with Gasteiger partial charge in [-0.05, 0) is 33.6 Å². The highest BCUT2D eigenvalue weighted by Gasteiger charge is 2.55. The summed E-state index contributed by atoms with van der Waals surface area (Å²) in [6, 6.07) is 0. The largest absolute Gasteiger partial charge is 0.370 e. The molecule has 1 atom stereocenters. The van der Waals surface area contributed by atoms with E-state index < -0.39 is 11.6 Å². The van der Waals surface area contributed by atoms with Crippen molar-refractivity contribution >= 4 is 0 Å². The van der Waals surface area contributed by atoms with Crippen LogP contribution in [0.25, 0.3) is 0 Å². The standard InChI is InChI=1S/C21H44O4/c1-7-12-14-15-16-17-19-20(22-6,18-13-8-2)21(23-9-3,24-10-4)25-11-5/h7-19H2,1-6H3. The van der Waals surface area contributed by atoms with Gasteiger partial charge in [0.1, 0.15) is 5.60 Å². The molecule has 1 unspecified atom stereocenters. The molecule has 0 amide bonds. The van der Waals surface area contributed by atoms with Crippen LogP contribution in [-0.2, 0) is 18.9 Å². The van der Waals surface area contributed by atoms with Crippen LogP contribution in [0.3, 0.4) is 0 Å². The van der Waals surface area contributed by atoms with Gasteiger partial charge in [-0.15, -0.1) is 0 Å². The van der Waals surface area contributed by atoms with Crippen LogP contribution in [0, 0.1) is 0 Å². The summed E-state index contributed by atoms with van der Waals surface area (Å²) < 4.78 is 24.4. The van der Waals surface area contributed by atoms with Gasteiger partial charge in [0, 0.05) is 26.9 Å². The molecule has 0 radical (unpaired) electrons. The zero-order valence-electron chi connectivity index (χ0n) is 17.8. The Labute approximate surface area is 156 Å². The highest BCUT2D eigenvalue weighted by molar-refractivity contribution is 4.91. The molecule has 4 heteroatoms. The second-order valence-electron chi connectivity index (χ2n) is 6.67. The van der Waals surface area contributed by atoms with E-state index in [1.165, 1.54) is 32.1 Å². The molecular weight excluding hydrogens is 316 g/mol. The van der Waals surface area contributed by atoms with Crippen LogP contribution < -0.4 is 0 Å². The first-order valence-electron chi connectivity index (χ1n) is 10.6. The molecule has 0 aliphatic heterocycles. The Morgan fingerprint density at radius 1 is 0.560 bits per heavy atom. The maximum Gasteiger partial charge on any atom is 0.313 e. The smallest absolute Gasteiger partial charge is 0.313 e. The van der Waals surface area contributed by atoms with E-state index in [0.717, 1.165) is 32.1 Å². The normalized spacial score (nSPS) is 14.6. The summed E-state index contributed by atoms with van der Waals surface area (Å²) in [6.07, 6.45) is 11.5. The SMILES string of the molecule is CCCCCCCCC(CCCC)(OC)C(OCC)(OCC)OCC. The second-order valence-corrected chi connectivity index (χ2v) is 6.67. The zero-order valence-corrected chi connectivity index (χ0v) is 17.8. The number of ether oxygens (including phenoxy) is 4. The third-order valence-corrected chi connectivity index (χ3v) is 4.82. The monoisotopic (exact) mass is 360 g/mol. The lowest BCUT2D eigenvalue weighted by atomic mass is 9.87. The van der Waals surface area contributed by atoms with Crippen molar-refractivity contribution in [2.45, 2.75) is 110 Å². The summed E-state index contributed by atoms with van der Waals surface area (Å²) >= 11 is 0. The molecule has 0 spiro atoms. The molecule has 0 aromatic carbocycles. The fraction of sp³-hybridized carbons (Fsp3) is 1.00. The maximum absolute atomic E-state index is 6.12. The average Bonchev–Trinajstić information content (AvgIpc) is 2.61. The number of hydrogen-bond acceptors (Lipinski definition) is 4. The molecule has 0 aliphatic carbocycles. The minimum Gasteiger partial charge on any atom is -0.370 e. The van der Waals surface area contributed by atoms with Crippen molar-refractivity contribution in [2.75, 3.05) is 26.9 Å². The van der Waals surface area contributed by atoms with Gasteiger partial charge in [0.2, 0.25) is 0 Å². The molecule has 0 aliphatic rings. The molecule has 0 bridgehead atoms. The van der Waals surface area contributed by atoms with Gasteiger partial charge < -0.3 is 18.9 Å². The predicted octanol–water partition coefficient (Wildman–Crippen LogP) is 6.08. The molecule has 152 valence electrons. The fourth-order valence-corrected chi connectivity index (χ4v) is 3.50. The molecule has 0 aromatic rings. The predicted molar refractivity (Wildman–Crippen MR) is 105 cm³/mol. The Balaban J connectivity index is 5.25. The van der Waals surface area contributed by atoms with Crippen LogP contribution in [0.4, 0.5) is 0 Å². The summed E-state index contributed by atoms with van der Waals surface area (Å²) in [6.45, 7) is 12.0. The van der Waals surface area contributed by atoms with Gasteiger partial charge in [-0.2, -0.15) is 0 Å². The average molecular weight is 361 g/mol. The quantitative estimate of drug-likeness (QED) is 0.219. The van der Waals surface area contributed by atoms with Crippen LogP contribution in [0.1, 0.15) is 98.8 Å². The van der Waals surface area contributed by atoms with E-state index in [4.69, 9.17) is 18.9 Å². The second kappa shape index (κ2) is 15.0. The molecule has 0 aromatic heterocycles.